The van der Waals surface area contributed by atoms with Gasteiger partial charge in [-0.1, -0.05) is 18.0 Å². The van der Waals surface area contributed by atoms with Gasteiger partial charge in [0.15, 0.2) is 0 Å². The van der Waals surface area contributed by atoms with E-state index in [1.807, 2.05) is 6.07 Å². The SMILES string of the molecule is N#Cc1ccc(Cl)c(S(=O)(=O)NC2CCCC2CO)c1. The largest absolute Gasteiger partial charge is 0.396 e. The average molecular weight is 315 g/mol. The molecule has 5 nitrogen and oxygen atoms in total. The summed E-state index contributed by atoms with van der Waals surface area (Å²) in [6, 6.07) is 5.72. The van der Waals surface area contributed by atoms with Gasteiger partial charge in [0.1, 0.15) is 4.90 Å². The van der Waals surface area contributed by atoms with Crippen LogP contribution >= 0.6 is 11.6 Å². The van der Waals surface area contributed by atoms with E-state index in [-0.39, 0.29) is 34.0 Å². The van der Waals surface area contributed by atoms with Crippen LogP contribution in [0.5, 0.6) is 0 Å². The van der Waals surface area contributed by atoms with E-state index in [1.165, 1.54) is 18.2 Å². The van der Waals surface area contributed by atoms with Crippen LogP contribution in [-0.4, -0.2) is 26.2 Å². The minimum Gasteiger partial charge on any atom is -0.396 e. The normalized spacial score (nSPS) is 22.6. The second-order valence-corrected chi connectivity index (χ2v) is 6.95. The molecule has 0 radical (unpaired) electrons. The summed E-state index contributed by atoms with van der Waals surface area (Å²) in [5.41, 5.74) is 0.236. The van der Waals surface area contributed by atoms with Crippen LogP contribution in [0, 0.1) is 17.2 Å². The van der Waals surface area contributed by atoms with E-state index in [9.17, 15) is 13.5 Å². The molecule has 7 heteroatoms. The second-order valence-electron chi connectivity index (χ2n) is 4.86. The van der Waals surface area contributed by atoms with Gasteiger partial charge in [-0.25, -0.2) is 13.1 Å². The van der Waals surface area contributed by atoms with Crippen molar-refractivity contribution < 1.29 is 13.5 Å². The molecule has 1 aromatic rings. The van der Waals surface area contributed by atoms with Gasteiger partial charge in [-0.15, -0.1) is 0 Å². The van der Waals surface area contributed by atoms with Crippen molar-refractivity contribution in [2.75, 3.05) is 6.61 Å². The molecule has 2 rings (SSSR count). The summed E-state index contributed by atoms with van der Waals surface area (Å²) in [5.74, 6) is -0.0669. The third-order valence-corrected chi connectivity index (χ3v) is 5.52. The number of hydrogen-bond acceptors (Lipinski definition) is 4. The Bertz CT molecular complexity index is 640. The Morgan fingerprint density at radius 3 is 2.85 bits per heavy atom. The van der Waals surface area contributed by atoms with Crippen LogP contribution in [0.15, 0.2) is 23.1 Å². The zero-order valence-corrected chi connectivity index (χ0v) is 12.3. The summed E-state index contributed by atoms with van der Waals surface area (Å²) < 4.78 is 27.3. The Morgan fingerprint density at radius 1 is 1.45 bits per heavy atom. The van der Waals surface area contributed by atoms with Gasteiger partial charge >= 0.3 is 0 Å². The van der Waals surface area contributed by atoms with Gasteiger partial charge in [0.25, 0.3) is 0 Å². The Balaban J connectivity index is 2.29. The van der Waals surface area contributed by atoms with Gasteiger partial charge in [-0.05, 0) is 37.0 Å². The fraction of sp³-hybridized carbons (Fsp3) is 0.462. The van der Waals surface area contributed by atoms with Gasteiger partial charge in [0, 0.05) is 12.6 Å². The molecule has 1 saturated carbocycles. The molecule has 108 valence electrons. The molecule has 1 aliphatic rings. The molecule has 1 fully saturated rings. The number of nitrogens with zero attached hydrogens (tertiary/aromatic N) is 1. The number of nitriles is 1. The van der Waals surface area contributed by atoms with Gasteiger partial charge in [0.05, 0.1) is 16.7 Å². The number of rotatable bonds is 4. The molecule has 0 saturated heterocycles. The lowest BCUT2D eigenvalue weighted by atomic mass is 10.1. The first-order valence-electron chi connectivity index (χ1n) is 6.31. The van der Waals surface area contributed by atoms with Gasteiger partial charge < -0.3 is 5.11 Å². The monoisotopic (exact) mass is 314 g/mol. The molecule has 0 heterocycles. The summed E-state index contributed by atoms with van der Waals surface area (Å²) in [4.78, 5) is -0.0955. The van der Waals surface area contributed by atoms with Crippen molar-refractivity contribution in [3.8, 4) is 6.07 Å². The fourth-order valence-corrected chi connectivity index (χ4v) is 4.32. The maximum Gasteiger partial charge on any atom is 0.242 e. The third-order valence-electron chi connectivity index (χ3n) is 3.55. The number of aliphatic hydroxyl groups is 1. The standard InChI is InChI=1S/C13H15ClN2O3S/c14-11-5-4-9(7-15)6-13(11)20(18,19)16-12-3-1-2-10(12)8-17/h4-6,10,12,16-17H,1-3,8H2. The Kier molecular flexibility index (Phi) is 4.66. The third kappa shape index (κ3) is 3.13. The lowest BCUT2D eigenvalue weighted by molar-refractivity contribution is 0.213. The molecule has 2 N–H and O–H groups in total. The molecule has 2 unspecified atom stereocenters. The van der Waals surface area contributed by atoms with Crippen LogP contribution in [0.1, 0.15) is 24.8 Å². The zero-order valence-electron chi connectivity index (χ0n) is 10.7. The topological polar surface area (TPSA) is 90.2 Å². The summed E-state index contributed by atoms with van der Waals surface area (Å²) in [7, 11) is -3.79. The lowest BCUT2D eigenvalue weighted by Gasteiger charge is -2.19. The predicted molar refractivity (Wildman–Crippen MR) is 74.7 cm³/mol. The Labute approximate surface area is 123 Å². The Morgan fingerprint density at radius 2 is 2.20 bits per heavy atom. The van der Waals surface area contributed by atoms with E-state index in [1.54, 1.807) is 0 Å². The minimum absolute atomic E-state index is 0.0425. The van der Waals surface area contributed by atoms with Crippen LogP contribution in [0.3, 0.4) is 0 Å². The van der Waals surface area contributed by atoms with E-state index in [0.29, 0.717) is 6.42 Å². The molecule has 0 amide bonds. The zero-order chi connectivity index (χ0) is 14.8. The lowest BCUT2D eigenvalue weighted by Crippen LogP contribution is -2.38. The smallest absolute Gasteiger partial charge is 0.242 e. The van der Waals surface area contributed by atoms with E-state index in [4.69, 9.17) is 16.9 Å². The molecule has 2 atom stereocenters. The highest BCUT2D eigenvalue weighted by Gasteiger charge is 2.31. The molecular weight excluding hydrogens is 300 g/mol. The predicted octanol–water partition coefficient (Wildman–Crippen LogP) is 1.65. The van der Waals surface area contributed by atoms with E-state index >= 15 is 0 Å². The van der Waals surface area contributed by atoms with Gasteiger partial charge in [-0.3, -0.25) is 0 Å². The van der Waals surface area contributed by atoms with Crippen molar-refractivity contribution in [3.63, 3.8) is 0 Å². The molecule has 1 aromatic carbocycles. The van der Waals surface area contributed by atoms with Gasteiger partial charge in [0.2, 0.25) is 10.0 Å². The van der Waals surface area contributed by atoms with Crippen LogP contribution in [-0.2, 0) is 10.0 Å². The maximum atomic E-state index is 12.4. The number of benzene rings is 1. The molecular formula is C13H15ClN2O3S. The number of halogens is 1. The second kappa shape index (κ2) is 6.10. The van der Waals surface area contributed by atoms with E-state index in [0.717, 1.165) is 12.8 Å². The first-order valence-corrected chi connectivity index (χ1v) is 8.17. The number of aliphatic hydroxyl groups excluding tert-OH is 1. The number of hydrogen-bond donors (Lipinski definition) is 2. The van der Waals surface area contributed by atoms with Gasteiger partial charge in [-0.2, -0.15) is 5.26 Å². The molecule has 0 aromatic heterocycles. The highest BCUT2D eigenvalue weighted by atomic mass is 35.5. The van der Waals surface area contributed by atoms with E-state index < -0.39 is 10.0 Å². The van der Waals surface area contributed by atoms with Crippen molar-refractivity contribution in [3.05, 3.63) is 28.8 Å². The minimum atomic E-state index is -3.79. The van der Waals surface area contributed by atoms with Crippen LogP contribution < -0.4 is 4.72 Å². The summed E-state index contributed by atoms with van der Waals surface area (Å²) >= 11 is 5.92. The highest BCUT2D eigenvalue weighted by molar-refractivity contribution is 7.89. The Hall–Kier alpha value is -1.13. The van der Waals surface area contributed by atoms with Crippen molar-refractivity contribution in [1.29, 1.82) is 5.26 Å². The highest BCUT2D eigenvalue weighted by Crippen LogP contribution is 2.28. The van der Waals surface area contributed by atoms with Crippen molar-refractivity contribution in [2.45, 2.75) is 30.2 Å². The quantitative estimate of drug-likeness (QED) is 0.884. The van der Waals surface area contributed by atoms with Crippen molar-refractivity contribution >= 4 is 21.6 Å². The number of sulfonamides is 1. The molecule has 1 aliphatic carbocycles. The average Bonchev–Trinajstić information content (AvgIpc) is 2.85. The molecule has 0 spiro atoms. The van der Waals surface area contributed by atoms with Crippen LogP contribution in [0.25, 0.3) is 0 Å². The van der Waals surface area contributed by atoms with Crippen molar-refractivity contribution in [2.24, 2.45) is 5.92 Å². The maximum absolute atomic E-state index is 12.4. The molecule has 0 bridgehead atoms. The first-order chi connectivity index (χ1) is 9.47. The summed E-state index contributed by atoms with van der Waals surface area (Å²) in [6.07, 6.45) is 2.38. The van der Waals surface area contributed by atoms with E-state index in [2.05, 4.69) is 4.72 Å². The van der Waals surface area contributed by atoms with Crippen molar-refractivity contribution in [1.82, 2.24) is 4.72 Å². The fourth-order valence-electron chi connectivity index (χ4n) is 2.45. The summed E-state index contributed by atoms with van der Waals surface area (Å²) in [6.45, 7) is -0.0425. The summed E-state index contributed by atoms with van der Waals surface area (Å²) in [5, 5.41) is 18.2. The first kappa shape index (κ1) is 15.3. The van der Waals surface area contributed by atoms with Crippen LogP contribution in [0.4, 0.5) is 0 Å². The molecule has 20 heavy (non-hydrogen) atoms. The van der Waals surface area contributed by atoms with Crippen LogP contribution in [0.2, 0.25) is 5.02 Å². The molecule has 0 aliphatic heterocycles. The number of nitrogens with one attached hydrogen (secondary N) is 1.